The Labute approximate surface area is 113 Å². The van der Waals surface area contributed by atoms with Crippen molar-refractivity contribution >= 4 is 17.7 Å². The van der Waals surface area contributed by atoms with Crippen LogP contribution in [0.25, 0.3) is 0 Å². The summed E-state index contributed by atoms with van der Waals surface area (Å²) in [5, 5.41) is 8.68. The summed E-state index contributed by atoms with van der Waals surface area (Å²) in [7, 11) is 0. The number of carbonyl (C=O) groups is 3. The monoisotopic (exact) mass is 270 g/mol. The van der Waals surface area contributed by atoms with Crippen LogP contribution in [0.4, 0.5) is 0 Å². The van der Waals surface area contributed by atoms with Gasteiger partial charge in [0, 0.05) is 5.41 Å². The second-order valence-corrected chi connectivity index (χ2v) is 6.57. The molecule has 0 aromatic rings. The van der Waals surface area contributed by atoms with Gasteiger partial charge in [-0.15, -0.1) is 0 Å². The molecule has 5 nitrogen and oxygen atoms in total. The van der Waals surface area contributed by atoms with Crippen molar-refractivity contribution in [1.29, 1.82) is 0 Å². The van der Waals surface area contributed by atoms with E-state index in [1.54, 1.807) is 6.92 Å². The number of esters is 1. The molecule has 0 aromatic heterocycles. The molecule has 0 aliphatic heterocycles. The summed E-state index contributed by atoms with van der Waals surface area (Å²) < 4.78 is 5.13. The second kappa shape index (κ2) is 4.94. The minimum Gasteiger partial charge on any atom is -0.473 e. The van der Waals surface area contributed by atoms with Crippen molar-refractivity contribution in [1.82, 2.24) is 0 Å². The molecule has 0 spiro atoms. The van der Waals surface area contributed by atoms with Crippen molar-refractivity contribution < 1.29 is 24.2 Å². The summed E-state index contributed by atoms with van der Waals surface area (Å²) in [4.78, 5) is 34.0. The Balaban J connectivity index is 3.14. The summed E-state index contributed by atoms with van der Waals surface area (Å²) in [6, 6.07) is 0. The van der Waals surface area contributed by atoms with E-state index in [9.17, 15) is 14.4 Å². The molecular formula is C14H22O5. The number of carbonyl (C=O) groups excluding carboxylic acids is 2. The molecule has 0 saturated heterocycles. The fraction of sp³-hybridized carbons (Fsp3) is 0.786. The van der Waals surface area contributed by atoms with Gasteiger partial charge in [0.2, 0.25) is 0 Å². The number of Topliss-reactive ketones (excluding diaryl/α,β-unsaturated/α-hetero) is 1. The summed E-state index contributed by atoms with van der Waals surface area (Å²) >= 11 is 0. The van der Waals surface area contributed by atoms with E-state index in [0.29, 0.717) is 12.3 Å². The molecule has 0 amide bonds. The summed E-state index contributed by atoms with van der Waals surface area (Å²) in [6.07, 6.45) is 0.675. The van der Waals surface area contributed by atoms with Crippen LogP contribution in [0.3, 0.4) is 0 Å². The summed E-state index contributed by atoms with van der Waals surface area (Å²) in [5.41, 5.74) is -1.25. The van der Waals surface area contributed by atoms with Crippen molar-refractivity contribution in [3.8, 4) is 0 Å². The maximum absolute atomic E-state index is 12.0. The summed E-state index contributed by atoms with van der Waals surface area (Å²) in [6.45, 7) is 9.09. The van der Waals surface area contributed by atoms with Crippen molar-refractivity contribution in [2.24, 2.45) is 16.7 Å². The molecule has 108 valence electrons. The minimum atomic E-state index is -1.62. The number of carboxylic acids is 1. The smallest absolute Gasteiger partial charge is 0.417 e. The number of ketones is 1. The zero-order chi connectivity index (χ0) is 15.0. The van der Waals surface area contributed by atoms with Gasteiger partial charge >= 0.3 is 11.9 Å². The van der Waals surface area contributed by atoms with Crippen LogP contribution >= 0.6 is 0 Å². The van der Waals surface area contributed by atoms with Gasteiger partial charge in [0.05, 0.1) is 5.41 Å². The molecule has 0 radical (unpaired) electrons. The molecule has 1 fully saturated rings. The van der Waals surface area contributed by atoms with Crippen LogP contribution in [-0.2, 0) is 19.1 Å². The first-order valence-corrected chi connectivity index (χ1v) is 6.45. The van der Waals surface area contributed by atoms with Crippen molar-refractivity contribution in [3.63, 3.8) is 0 Å². The molecule has 3 unspecified atom stereocenters. The number of carboxylic acid groups (broad SMARTS) is 1. The largest absolute Gasteiger partial charge is 0.473 e. The van der Waals surface area contributed by atoms with Gasteiger partial charge in [-0.3, -0.25) is 4.79 Å². The molecular weight excluding hydrogens is 248 g/mol. The van der Waals surface area contributed by atoms with Crippen LogP contribution in [-0.4, -0.2) is 28.9 Å². The first-order chi connectivity index (χ1) is 8.50. The number of ether oxygens (including phenoxy) is 1. The van der Waals surface area contributed by atoms with Gasteiger partial charge in [-0.25, -0.2) is 9.59 Å². The number of rotatable bonds is 2. The molecule has 3 atom stereocenters. The third-order valence-electron chi connectivity index (χ3n) is 4.14. The molecule has 19 heavy (non-hydrogen) atoms. The maximum atomic E-state index is 12.0. The van der Waals surface area contributed by atoms with E-state index in [4.69, 9.17) is 9.84 Å². The molecule has 0 bridgehead atoms. The van der Waals surface area contributed by atoms with E-state index in [2.05, 4.69) is 6.92 Å². The Hall–Kier alpha value is -1.39. The molecule has 1 N–H and O–H groups in total. The highest BCUT2D eigenvalue weighted by molar-refractivity contribution is 6.28. The Morgan fingerprint density at radius 3 is 2.11 bits per heavy atom. The highest BCUT2D eigenvalue weighted by Gasteiger charge is 2.54. The van der Waals surface area contributed by atoms with Gasteiger partial charge in [-0.2, -0.15) is 0 Å². The van der Waals surface area contributed by atoms with Gasteiger partial charge in [0.25, 0.3) is 0 Å². The quantitative estimate of drug-likeness (QED) is 0.613. The number of hydrogen-bond donors (Lipinski definition) is 1. The zero-order valence-electron chi connectivity index (χ0n) is 12.1. The molecule has 1 aliphatic rings. The van der Waals surface area contributed by atoms with E-state index in [0.717, 1.165) is 6.42 Å². The van der Waals surface area contributed by atoms with Crippen LogP contribution < -0.4 is 0 Å². The first kappa shape index (κ1) is 15.7. The number of hydrogen-bond acceptors (Lipinski definition) is 4. The van der Waals surface area contributed by atoms with Crippen LogP contribution in [0, 0.1) is 16.7 Å². The normalized spacial score (nSPS) is 33.5. The molecule has 1 saturated carbocycles. The first-order valence-electron chi connectivity index (χ1n) is 6.45. The topological polar surface area (TPSA) is 80.7 Å². The van der Waals surface area contributed by atoms with Gasteiger partial charge in [0.1, 0.15) is 11.9 Å². The molecule has 5 heteroatoms. The Bertz CT molecular complexity index is 412. The Morgan fingerprint density at radius 2 is 1.68 bits per heavy atom. The molecule has 0 heterocycles. The average Bonchev–Trinajstić information content (AvgIpc) is 2.21. The summed E-state index contributed by atoms with van der Waals surface area (Å²) in [5.74, 6) is -2.67. The highest BCUT2D eigenvalue weighted by atomic mass is 16.6. The van der Waals surface area contributed by atoms with Gasteiger partial charge in [0.15, 0.2) is 0 Å². The lowest BCUT2D eigenvalue weighted by Crippen LogP contribution is -2.55. The second-order valence-electron chi connectivity index (χ2n) is 6.57. The lowest BCUT2D eigenvalue weighted by molar-refractivity contribution is -0.187. The molecule has 1 aliphatic carbocycles. The van der Waals surface area contributed by atoms with Crippen molar-refractivity contribution in [2.45, 2.75) is 53.6 Å². The highest BCUT2D eigenvalue weighted by Crippen LogP contribution is 2.50. The van der Waals surface area contributed by atoms with Gasteiger partial charge in [-0.1, -0.05) is 20.8 Å². The average molecular weight is 270 g/mol. The van der Waals surface area contributed by atoms with Crippen LogP contribution in [0.2, 0.25) is 0 Å². The third kappa shape index (κ3) is 2.96. The molecule has 0 aromatic carbocycles. The fourth-order valence-electron chi connectivity index (χ4n) is 3.55. The van der Waals surface area contributed by atoms with Crippen molar-refractivity contribution in [2.75, 3.05) is 0 Å². The van der Waals surface area contributed by atoms with E-state index < -0.39 is 28.9 Å². The lowest BCUT2D eigenvalue weighted by atomic mass is 9.57. The minimum absolute atomic E-state index is 0.0738. The predicted molar refractivity (Wildman–Crippen MR) is 68.5 cm³/mol. The van der Waals surface area contributed by atoms with Crippen LogP contribution in [0.15, 0.2) is 0 Å². The van der Waals surface area contributed by atoms with E-state index in [-0.39, 0.29) is 5.78 Å². The molecule has 1 rings (SSSR count). The van der Waals surface area contributed by atoms with Crippen molar-refractivity contribution in [3.05, 3.63) is 0 Å². The lowest BCUT2D eigenvalue weighted by Gasteiger charge is -2.50. The Morgan fingerprint density at radius 1 is 1.16 bits per heavy atom. The van der Waals surface area contributed by atoms with Gasteiger partial charge in [-0.05, 0) is 32.6 Å². The standard InChI is InChI=1S/C14H22O5/c1-8-6-13(3,4)12(19-11(18)10(16)17)14(5,7-8)9(2)15/h8,12H,6-7H2,1-5H3,(H,16,17). The van der Waals surface area contributed by atoms with Gasteiger partial charge < -0.3 is 9.84 Å². The predicted octanol–water partition coefficient (Wildman–Crippen LogP) is 2.03. The zero-order valence-corrected chi connectivity index (χ0v) is 12.1. The van der Waals surface area contributed by atoms with Crippen LogP contribution in [0.5, 0.6) is 0 Å². The maximum Gasteiger partial charge on any atom is 0.417 e. The third-order valence-corrected chi connectivity index (χ3v) is 4.14. The van der Waals surface area contributed by atoms with E-state index in [1.165, 1.54) is 6.92 Å². The van der Waals surface area contributed by atoms with E-state index in [1.807, 2.05) is 13.8 Å². The van der Waals surface area contributed by atoms with Crippen LogP contribution in [0.1, 0.15) is 47.5 Å². The fourth-order valence-corrected chi connectivity index (χ4v) is 3.55. The SMILES string of the molecule is CC(=O)C1(C)CC(C)CC(C)(C)C1OC(=O)C(=O)O. The Kier molecular flexibility index (Phi) is 4.08. The number of aliphatic carboxylic acids is 1. The van der Waals surface area contributed by atoms with E-state index >= 15 is 0 Å².